The number of pyridine rings is 2. The van der Waals surface area contributed by atoms with Gasteiger partial charge in [0.05, 0.1) is 0 Å². The molecule has 0 amide bonds. The summed E-state index contributed by atoms with van der Waals surface area (Å²) in [7, 11) is 0. The van der Waals surface area contributed by atoms with E-state index in [-0.39, 0.29) is 5.82 Å². The second-order valence-electron chi connectivity index (χ2n) is 4.93. The molecule has 0 atom stereocenters. The number of nitrogens with zero attached hydrogens (tertiary/aromatic N) is 2. The standard InChI is InChI=1S/C16H14FN3/c1-9-3-10(2)19-8-14(9)13-4-11-6-16(18)20-7-12(11)5-15(13)17/h3-8H,1-2H3,(H2,18,20). The molecule has 2 aromatic heterocycles. The summed E-state index contributed by atoms with van der Waals surface area (Å²) in [5, 5.41) is 1.60. The summed E-state index contributed by atoms with van der Waals surface area (Å²) >= 11 is 0. The molecule has 0 radical (unpaired) electrons. The van der Waals surface area contributed by atoms with Gasteiger partial charge in [-0.15, -0.1) is 0 Å². The van der Waals surface area contributed by atoms with Crippen LogP contribution >= 0.6 is 0 Å². The van der Waals surface area contributed by atoms with Gasteiger partial charge in [-0.1, -0.05) is 0 Å². The van der Waals surface area contributed by atoms with Gasteiger partial charge >= 0.3 is 0 Å². The van der Waals surface area contributed by atoms with Crippen LogP contribution in [0.25, 0.3) is 21.9 Å². The Morgan fingerprint density at radius 3 is 2.45 bits per heavy atom. The Bertz CT molecular complexity index is 812. The van der Waals surface area contributed by atoms with E-state index in [1.165, 1.54) is 6.07 Å². The number of nitrogens with two attached hydrogens (primary N) is 1. The second-order valence-corrected chi connectivity index (χ2v) is 4.93. The minimum Gasteiger partial charge on any atom is -0.384 e. The first kappa shape index (κ1) is 12.5. The molecule has 2 heterocycles. The predicted molar refractivity (Wildman–Crippen MR) is 78.8 cm³/mol. The lowest BCUT2D eigenvalue weighted by Crippen LogP contribution is -1.93. The molecule has 0 bridgehead atoms. The molecule has 3 aromatic rings. The Morgan fingerprint density at radius 1 is 0.900 bits per heavy atom. The lowest BCUT2D eigenvalue weighted by molar-refractivity contribution is 0.633. The van der Waals surface area contributed by atoms with Crippen LogP contribution in [-0.2, 0) is 0 Å². The number of hydrogen-bond donors (Lipinski definition) is 1. The summed E-state index contributed by atoms with van der Waals surface area (Å²) in [5.74, 6) is 0.145. The van der Waals surface area contributed by atoms with Crippen molar-refractivity contribution < 1.29 is 4.39 Å². The molecule has 4 heteroatoms. The first-order valence-corrected chi connectivity index (χ1v) is 6.33. The highest BCUT2D eigenvalue weighted by Crippen LogP contribution is 2.30. The maximum Gasteiger partial charge on any atom is 0.131 e. The van der Waals surface area contributed by atoms with E-state index in [1.54, 1.807) is 24.5 Å². The second kappa shape index (κ2) is 4.56. The zero-order valence-corrected chi connectivity index (χ0v) is 11.3. The summed E-state index contributed by atoms with van der Waals surface area (Å²) in [6.07, 6.45) is 3.29. The van der Waals surface area contributed by atoms with E-state index < -0.39 is 0 Å². The molecule has 0 saturated carbocycles. The Labute approximate surface area is 116 Å². The quantitative estimate of drug-likeness (QED) is 0.732. The van der Waals surface area contributed by atoms with Crippen LogP contribution in [0.3, 0.4) is 0 Å². The van der Waals surface area contributed by atoms with Crippen molar-refractivity contribution in [2.75, 3.05) is 5.73 Å². The molecule has 0 aliphatic carbocycles. The SMILES string of the molecule is Cc1cc(C)c(-c2cc3cc(N)ncc3cc2F)cn1. The van der Waals surface area contributed by atoms with Crippen LogP contribution in [0.4, 0.5) is 10.2 Å². The van der Waals surface area contributed by atoms with Gasteiger partial charge in [0.2, 0.25) is 0 Å². The molecule has 0 saturated heterocycles. The molecular formula is C16H14FN3. The number of hydrogen-bond acceptors (Lipinski definition) is 3. The number of aromatic nitrogens is 2. The van der Waals surface area contributed by atoms with Crippen molar-refractivity contribution in [3.63, 3.8) is 0 Å². The van der Waals surface area contributed by atoms with Gasteiger partial charge in [-0.3, -0.25) is 4.98 Å². The van der Waals surface area contributed by atoms with Crippen LogP contribution in [0.2, 0.25) is 0 Å². The van der Waals surface area contributed by atoms with Gasteiger partial charge in [0, 0.05) is 34.6 Å². The average molecular weight is 267 g/mol. The van der Waals surface area contributed by atoms with Crippen LogP contribution in [0.1, 0.15) is 11.3 Å². The molecule has 0 aliphatic rings. The zero-order chi connectivity index (χ0) is 14.3. The molecule has 100 valence electrons. The number of benzene rings is 1. The number of halogens is 1. The minimum absolute atomic E-state index is 0.280. The maximum absolute atomic E-state index is 14.3. The lowest BCUT2D eigenvalue weighted by atomic mass is 9.99. The molecule has 20 heavy (non-hydrogen) atoms. The predicted octanol–water partition coefficient (Wildman–Crippen LogP) is 3.63. The fraction of sp³-hybridized carbons (Fsp3) is 0.125. The van der Waals surface area contributed by atoms with Crippen molar-refractivity contribution in [2.45, 2.75) is 13.8 Å². The smallest absolute Gasteiger partial charge is 0.131 e. The number of rotatable bonds is 1. The van der Waals surface area contributed by atoms with Crippen LogP contribution in [0.15, 0.2) is 36.7 Å². The Kier molecular flexibility index (Phi) is 2.86. The monoisotopic (exact) mass is 267 g/mol. The van der Waals surface area contributed by atoms with Gasteiger partial charge in [0.15, 0.2) is 0 Å². The van der Waals surface area contributed by atoms with Crippen molar-refractivity contribution >= 4 is 16.6 Å². The molecule has 1 aromatic carbocycles. The molecule has 2 N–H and O–H groups in total. The fourth-order valence-electron chi connectivity index (χ4n) is 2.37. The molecule has 0 unspecified atom stereocenters. The van der Waals surface area contributed by atoms with Gasteiger partial charge in [-0.2, -0.15) is 0 Å². The topological polar surface area (TPSA) is 51.8 Å². The van der Waals surface area contributed by atoms with Crippen molar-refractivity contribution in [2.24, 2.45) is 0 Å². The summed E-state index contributed by atoms with van der Waals surface area (Å²) in [6, 6.07) is 6.97. The van der Waals surface area contributed by atoms with Crippen LogP contribution < -0.4 is 5.73 Å². The summed E-state index contributed by atoms with van der Waals surface area (Å²) in [5.41, 5.74) is 8.93. The molecule has 0 spiro atoms. The lowest BCUT2D eigenvalue weighted by Gasteiger charge is -2.09. The van der Waals surface area contributed by atoms with E-state index in [1.807, 2.05) is 19.9 Å². The van der Waals surface area contributed by atoms with Gasteiger partial charge < -0.3 is 5.73 Å². The largest absolute Gasteiger partial charge is 0.384 e. The van der Waals surface area contributed by atoms with E-state index in [0.29, 0.717) is 11.4 Å². The molecule has 0 fully saturated rings. The normalized spacial score (nSPS) is 10.9. The van der Waals surface area contributed by atoms with Crippen LogP contribution in [-0.4, -0.2) is 9.97 Å². The zero-order valence-electron chi connectivity index (χ0n) is 11.3. The Morgan fingerprint density at radius 2 is 1.70 bits per heavy atom. The highest BCUT2D eigenvalue weighted by Gasteiger charge is 2.10. The number of fused-ring (bicyclic) bond motifs is 1. The highest BCUT2D eigenvalue weighted by atomic mass is 19.1. The summed E-state index contributed by atoms with van der Waals surface area (Å²) in [4.78, 5) is 8.23. The number of aryl methyl sites for hydroxylation is 2. The number of anilines is 1. The third-order valence-electron chi connectivity index (χ3n) is 3.37. The third kappa shape index (κ3) is 2.09. The van der Waals surface area contributed by atoms with E-state index in [0.717, 1.165) is 27.6 Å². The molecular weight excluding hydrogens is 253 g/mol. The van der Waals surface area contributed by atoms with Gasteiger partial charge in [-0.05, 0) is 49.1 Å². The van der Waals surface area contributed by atoms with Crippen LogP contribution in [0.5, 0.6) is 0 Å². The average Bonchev–Trinajstić information content (AvgIpc) is 2.39. The first-order valence-electron chi connectivity index (χ1n) is 6.33. The van der Waals surface area contributed by atoms with Crippen molar-refractivity contribution in [3.05, 3.63) is 53.7 Å². The fourth-order valence-corrected chi connectivity index (χ4v) is 2.37. The van der Waals surface area contributed by atoms with E-state index in [2.05, 4.69) is 9.97 Å². The van der Waals surface area contributed by atoms with Gasteiger partial charge in [-0.25, -0.2) is 9.37 Å². The van der Waals surface area contributed by atoms with E-state index in [4.69, 9.17) is 5.73 Å². The molecule has 0 aliphatic heterocycles. The van der Waals surface area contributed by atoms with Crippen molar-refractivity contribution in [1.82, 2.24) is 9.97 Å². The van der Waals surface area contributed by atoms with Crippen LogP contribution in [0, 0.1) is 19.7 Å². The highest BCUT2D eigenvalue weighted by molar-refractivity contribution is 5.88. The maximum atomic E-state index is 14.3. The van der Waals surface area contributed by atoms with E-state index >= 15 is 0 Å². The van der Waals surface area contributed by atoms with E-state index in [9.17, 15) is 4.39 Å². The third-order valence-corrected chi connectivity index (χ3v) is 3.37. The molecule has 3 rings (SSSR count). The number of nitrogen functional groups attached to an aromatic ring is 1. The Balaban J connectivity index is 2.27. The van der Waals surface area contributed by atoms with Gasteiger partial charge in [0.25, 0.3) is 0 Å². The summed E-state index contributed by atoms with van der Waals surface area (Å²) < 4.78 is 14.3. The summed E-state index contributed by atoms with van der Waals surface area (Å²) in [6.45, 7) is 3.87. The minimum atomic E-state index is -0.280. The van der Waals surface area contributed by atoms with Crippen molar-refractivity contribution in [1.29, 1.82) is 0 Å². The first-order chi connectivity index (χ1) is 9.54. The molecule has 3 nitrogen and oxygen atoms in total. The Hall–Kier alpha value is -2.49. The van der Waals surface area contributed by atoms with Crippen molar-refractivity contribution in [3.8, 4) is 11.1 Å². The van der Waals surface area contributed by atoms with Gasteiger partial charge in [0.1, 0.15) is 11.6 Å².